The maximum atomic E-state index is 11.2. The summed E-state index contributed by atoms with van der Waals surface area (Å²) in [5, 5.41) is 16.7. The van der Waals surface area contributed by atoms with E-state index in [0.717, 1.165) is 31.0 Å². The summed E-state index contributed by atoms with van der Waals surface area (Å²) in [5.74, 6) is -1.84. The van der Waals surface area contributed by atoms with Crippen molar-refractivity contribution in [1.29, 1.82) is 0 Å². The summed E-state index contributed by atoms with van der Waals surface area (Å²) >= 11 is 1.04. The SMILES string of the molecule is CCCCCCCCCCCCCC(SC(C)C(=O)O)C(=O)O. The lowest BCUT2D eigenvalue weighted by atomic mass is 10.0. The first kappa shape index (κ1) is 22.3. The van der Waals surface area contributed by atoms with Crippen molar-refractivity contribution in [3.05, 3.63) is 0 Å². The Bertz CT molecular complexity index is 320. The van der Waals surface area contributed by atoms with Gasteiger partial charge in [0.25, 0.3) is 0 Å². The molecule has 0 aliphatic carbocycles. The number of carboxylic acid groups (broad SMARTS) is 2. The second kappa shape index (κ2) is 14.9. The highest BCUT2D eigenvalue weighted by Gasteiger charge is 2.23. The van der Waals surface area contributed by atoms with Gasteiger partial charge in [-0.25, -0.2) is 0 Å². The molecule has 0 radical (unpaired) electrons. The highest BCUT2D eigenvalue weighted by molar-refractivity contribution is 8.01. The van der Waals surface area contributed by atoms with Crippen LogP contribution in [0, 0.1) is 0 Å². The molecular formula is C18H34O4S. The number of aliphatic carboxylic acids is 2. The standard InChI is InChI=1S/C18H34O4S/c1-3-4-5-6-7-8-9-10-11-12-13-14-16(18(21)22)23-15(2)17(19)20/h15-16H,3-14H2,1-2H3,(H,19,20)(H,21,22). The van der Waals surface area contributed by atoms with Gasteiger partial charge >= 0.3 is 11.9 Å². The van der Waals surface area contributed by atoms with Crippen molar-refractivity contribution in [3.8, 4) is 0 Å². The molecule has 0 saturated heterocycles. The monoisotopic (exact) mass is 346 g/mol. The quantitative estimate of drug-likeness (QED) is 0.369. The molecule has 0 aliphatic rings. The van der Waals surface area contributed by atoms with Gasteiger partial charge < -0.3 is 10.2 Å². The molecule has 0 aromatic rings. The van der Waals surface area contributed by atoms with Gasteiger partial charge in [-0.1, -0.05) is 77.6 Å². The first-order chi connectivity index (χ1) is 11.0. The Morgan fingerprint density at radius 3 is 1.61 bits per heavy atom. The molecule has 5 heteroatoms. The highest BCUT2D eigenvalue weighted by Crippen LogP contribution is 2.23. The van der Waals surface area contributed by atoms with Gasteiger partial charge in [-0.2, -0.15) is 0 Å². The molecule has 136 valence electrons. The van der Waals surface area contributed by atoms with Crippen LogP contribution >= 0.6 is 11.8 Å². The predicted molar refractivity (Wildman–Crippen MR) is 97.2 cm³/mol. The number of unbranched alkanes of at least 4 members (excludes halogenated alkanes) is 10. The van der Waals surface area contributed by atoms with Gasteiger partial charge in [0.15, 0.2) is 0 Å². The molecule has 0 aromatic heterocycles. The Morgan fingerprint density at radius 2 is 1.22 bits per heavy atom. The molecule has 4 nitrogen and oxygen atoms in total. The molecule has 2 atom stereocenters. The largest absolute Gasteiger partial charge is 0.480 e. The fraction of sp³-hybridized carbons (Fsp3) is 0.889. The second-order valence-corrected chi connectivity index (χ2v) is 7.82. The lowest BCUT2D eigenvalue weighted by Crippen LogP contribution is -2.23. The van der Waals surface area contributed by atoms with Crippen molar-refractivity contribution in [1.82, 2.24) is 0 Å². The van der Waals surface area contributed by atoms with Crippen LogP contribution in [0.3, 0.4) is 0 Å². The van der Waals surface area contributed by atoms with Gasteiger partial charge in [-0.05, 0) is 13.3 Å². The van der Waals surface area contributed by atoms with Crippen molar-refractivity contribution >= 4 is 23.7 Å². The van der Waals surface area contributed by atoms with Crippen LogP contribution in [-0.4, -0.2) is 32.7 Å². The molecule has 0 fully saturated rings. The number of hydrogen-bond acceptors (Lipinski definition) is 3. The zero-order chi connectivity index (χ0) is 17.5. The summed E-state index contributed by atoms with van der Waals surface area (Å²) < 4.78 is 0. The minimum absolute atomic E-state index is 0.564. The molecule has 0 spiro atoms. The zero-order valence-electron chi connectivity index (χ0n) is 14.8. The molecule has 0 heterocycles. The third kappa shape index (κ3) is 13.4. The Labute approximate surface area is 145 Å². The van der Waals surface area contributed by atoms with Crippen LogP contribution in [0.15, 0.2) is 0 Å². The van der Waals surface area contributed by atoms with Crippen LogP contribution in [0.5, 0.6) is 0 Å². The number of rotatable bonds is 16. The Kier molecular flexibility index (Phi) is 14.4. The number of hydrogen-bond donors (Lipinski definition) is 2. The average Bonchev–Trinajstić information content (AvgIpc) is 2.50. The molecule has 0 rings (SSSR count). The molecule has 2 unspecified atom stereocenters. The van der Waals surface area contributed by atoms with Gasteiger partial charge in [-0.15, -0.1) is 11.8 Å². The first-order valence-corrected chi connectivity index (χ1v) is 10.0. The van der Waals surface area contributed by atoms with E-state index in [9.17, 15) is 9.59 Å². The lowest BCUT2D eigenvalue weighted by molar-refractivity contribution is -0.136. The molecule has 0 amide bonds. The summed E-state index contributed by atoms with van der Waals surface area (Å²) in [7, 11) is 0. The van der Waals surface area contributed by atoms with Gasteiger partial charge in [-0.3, -0.25) is 9.59 Å². The maximum absolute atomic E-state index is 11.2. The molecule has 0 bridgehead atoms. The third-order valence-electron chi connectivity index (χ3n) is 4.06. The number of thioether (sulfide) groups is 1. The molecule has 0 saturated carbocycles. The topological polar surface area (TPSA) is 74.6 Å². The number of carboxylic acids is 2. The van der Waals surface area contributed by atoms with Crippen molar-refractivity contribution in [2.45, 2.75) is 101 Å². The maximum Gasteiger partial charge on any atom is 0.316 e. The fourth-order valence-corrected chi connectivity index (χ4v) is 3.58. The van der Waals surface area contributed by atoms with Gasteiger partial charge in [0.1, 0.15) is 10.5 Å². The molecule has 23 heavy (non-hydrogen) atoms. The van der Waals surface area contributed by atoms with Crippen molar-refractivity contribution in [2.75, 3.05) is 0 Å². The van der Waals surface area contributed by atoms with E-state index >= 15 is 0 Å². The van der Waals surface area contributed by atoms with E-state index in [1.807, 2.05) is 0 Å². The van der Waals surface area contributed by atoms with Gasteiger partial charge in [0.05, 0.1) is 0 Å². The molecule has 0 aromatic carbocycles. The van der Waals surface area contributed by atoms with E-state index in [-0.39, 0.29) is 0 Å². The summed E-state index contributed by atoms with van der Waals surface area (Å²) in [6, 6.07) is 0. The van der Waals surface area contributed by atoms with Crippen LogP contribution in [0.4, 0.5) is 0 Å². The highest BCUT2D eigenvalue weighted by atomic mass is 32.2. The van der Waals surface area contributed by atoms with E-state index in [0.29, 0.717) is 6.42 Å². The van der Waals surface area contributed by atoms with Crippen molar-refractivity contribution < 1.29 is 19.8 Å². The summed E-state index contributed by atoms with van der Waals surface area (Å²) in [4.78, 5) is 22.0. The average molecular weight is 347 g/mol. The third-order valence-corrected chi connectivity index (χ3v) is 5.44. The van der Waals surface area contributed by atoms with Crippen molar-refractivity contribution in [3.63, 3.8) is 0 Å². The lowest BCUT2D eigenvalue weighted by Gasteiger charge is -2.14. The number of carbonyl (C=O) groups is 2. The zero-order valence-corrected chi connectivity index (χ0v) is 15.6. The van der Waals surface area contributed by atoms with E-state index in [4.69, 9.17) is 10.2 Å². The first-order valence-electron chi connectivity index (χ1n) is 9.10. The Balaban J connectivity index is 3.56. The van der Waals surface area contributed by atoms with E-state index < -0.39 is 22.4 Å². The van der Waals surface area contributed by atoms with Crippen LogP contribution in [0.1, 0.15) is 90.9 Å². The molecule has 0 aliphatic heterocycles. The van der Waals surface area contributed by atoms with E-state index in [2.05, 4.69) is 6.92 Å². The van der Waals surface area contributed by atoms with Crippen molar-refractivity contribution in [2.24, 2.45) is 0 Å². The van der Waals surface area contributed by atoms with Crippen LogP contribution < -0.4 is 0 Å². The Morgan fingerprint density at radius 1 is 0.783 bits per heavy atom. The summed E-state index contributed by atoms with van der Waals surface area (Å²) in [6.45, 7) is 3.78. The normalized spacial score (nSPS) is 13.7. The van der Waals surface area contributed by atoms with Crippen LogP contribution in [-0.2, 0) is 9.59 Å². The molecule has 2 N–H and O–H groups in total. The minimum atomic E-state index is -0.944. The summed E-state index contributed by atoms with van der Waals surface area (Å²) in [5.41, 5.74) is 0. The predicted octanol–water partition coefficient (Wildman–Crippen LogP) is 5.35. The smallest absolute Gasteiger partial charge is 0.316 e. The molecular weight excluding hydrogens is 312 g/mol. The fourth-order valence-electron chi connectivity index (χ4n) is 2.55. The van der Waals surface area contributed by atoms with Crippen LogP contribution in [0.2, 0.25) is 0 Å². The van der Waals surface area contributed by atoms with Gasteiger partial charge in [0, 0.05) is 0 Å². The van der Waals surface area contributed by atoms with E-state index in [1.54, 1.807) is 6.92 Å². The Hall–Kier alpha value is -0.710. The van der Waals surface area contributed by atoms with E-state index in [1.165, 1.54) is 51.4 Å². The minimum Gasteiger partial charge on any atom is -0.480 e. The van der Waals surface area contributed by atoms with Gasteiger partial charge in [0.2, 0.25) is 0 Å². The van der Waals surface area contributed by atoms with Crippen LogP contribution in [0.25, 0.3) is 0 Å². The second-order valence-electron chi connectivity index (χ2n) is 6.27. The summed E-state index contributed by atoms with van der Waals surface area (Å²) in [6.07, 6.45) is 14.1.